The third-order valence-corrected chi connectivity index (χ3v) is 7.44. The summed E-state index contributed by atoms with van der Waals surface area (Å²) in [5.74, 6) is 1.32. The number of likely N-dealkylation sites (tertiary alicyclic amines) is 1. The van der Waals surface area contributed by atoms with E-state index >= 15 is 0 Å². The Kier molecular flexibility index (Phi) is 6.28. The van der Waals surface area contributed by atoms with E-state index in [1.807, 2.05) is 35.2 Å². The lowest BCUT2D eigenvalue weighted by atomic mass is 9.88. The second-order valence-corrected chi connectivity index (χ2v) is 9.66. The molecule has 170 valence electrons. The summed E-state index contributed by atoms with van der Waals surface area (Å²) in [5, 5.41) is 4.28. The van der Waals surface area contributed by atoms with E-state index in [9.17, 15) is 9.59 Å². The maximum Gasteiger partial charge on any atom is 0.257 e. The Morgan fingerprint density at radius 1 is 0.875 bits per heavy atom. The van der Waals surface area contributed by atoms with Gasteiger partial charge in [0.25, 0.3) is 5.91 Å². The summed E-state index contributed by atoms with van der Waals surface area (Å²) in [6, 6.07) is 10.2. The van der Waals surface area contributed by atoms with Crippen LogP contribution in [0.3, 0.4) is 0 Å². The van der Waals surface area contributed by atoms with Gasteiger partial charge in [-0.15, -0.1) is 0 Å². The average Bonchev–Trinajstić information content (AvgIpc) is 3.39. The Morgan fingerprint density at radius 3 is 2.34 bits per heavy atom. The fourth-order valence-corrected chi connectivity index (χ4v) is 5.51. The van der Waals surface area contributed by atoms with Crippen LogP contribution < -0.4 is 10.2 Å². The van der Waals surface area contributed by atoms with Gasteiger partial charge in [0.2, 0.25) is 5.91 Å². The molecule has 1 saturated carbocycles. The number of amides is 2. The number of benzene rings is 1. The van der Waals surface area contributed by atoms with E-state index in [4.69, 9.17) is 4.98 Å². The van der Waals surface area contributed by atoms with E-state index in [0.717, 1.165) is 73.9 Å². The lowest BCUT2D eigenvalue weighted by molar-refractivity contribution is -0.126. The number of para-hydroxylation sites is 1. The number of nitrogens with one attached hydrogen (secondary N) is 1. The lowest BCUT2D eigenvalue weighted by Crippen LogP contribution is -2.48. The van der Waals surface area contributed by atoms with Crippen molar-refractivity contribution in [2.45, 2.75) is 63.8 Å². The Labute approximate surface area is 190 Å². The highest BCUT2D eigenvalue weighted by molar-refractivity contribution is 6.02. The molecule has 0 radical (unpaired) electrons. The van der Waals surface area contributed by atoms with Crippen LogP contribution in [0.1, 0.15) is 68.1 Å². The molecule has 6 nitrogen and oxygen atoms in total. The number of piperidine rings is 1. The van der Waals surface area contributed by atoms with Crippen LogP contribution in [-0.4, -0.2) is 53.9 Å². The molecular formula is C26H34N4O2. The van der Waals surface area contributed by atoms with E-state index in [0.29, 0.717) is 13.1 Å². The summed E-state index contributed by atoms with van der Waals surface area (Å²) < 4.78 is 0. The topological polar surface area (TPSA) is 65.5 Å². The van der Waals surface area contributed by atoms with Crippen LogP contribution in [0, 0.1) is 5.92 Å². The monoisotopic (exact) mass is 434 g/mol. The van der Waals surface area contributed by atoms with Gasteiger partial charge in [-0.2, -0.15) is 0 Å². The van der Waals surface area contributed by atoms with Crippen LogP contribution in [0.25, 0.3) is 10.9 Å². The Morgan fingerprint density at radius 2 is 1.59 bits per heavy atom. The molecule has 3 heterocycles. The predicted molar refractivity (Wildman–Crippen MR) is 127 cm³/mol. The number of pyridine rings is 1. The molecule has 2 aromatic rings. The molecule has 0 atom stereocenters. The van der Waals surface area contributed by atoms with Crippen molar-refractivity contribution in [1.29, 1.82) is 0 Å². The minimum atomic E-state index is 0.0715. The number of carbonyl (C=O) groups excluding carboxylic acids is 2. The summed E-state index contributed by atoms with van der Waals surface area (Å²) in [6.45, 7) is 3.28. The molecular weight excluding hydrogens is 400 g/mol. The van der Waals surface area contributed by atoms with Crippen LogP contribution in [0.4, 0.5) is 5.82 Å². The van der Waals surface area contributed by atoms with Crippen LogP contribution in [-0.2, 0) is 4.79 Å². The van der Waals surface area contributed by atoms with E-state index in [-0.39, 0.29) is 23.8 Å². The standard InChI is InChI=1S/C26H34N4O2/c31-25(19-8-2-1-3-9-19)27-21-12-16-30(17-13-21)26(32)22-18-20-10-4-5-11-23(20)28-24(22)29-14-6-7-15-29/h4-5,10-11,18-19,21H,1-3,6-9,12-17H2,(H,27,31). The molecule has 5 rings (SSSR count). The van der Waals surface area contributed by atoms with Crippen molar-refractivity contribution in [3.8, 4) is 0 Å². The van der Waals surface area contributed by atoms with Crippen molar-refractivity contribution in [2.75, 3.05) is 31.1 Å². The minimum absolute atomic E-state index is 0.0715. The number of fused-ring (bicyclic) bond motifs is 1. The van der Waals surface area contributed by atoms with Crippen molar-refractivity contribution < 1.29 is 9.59 Å². The van der Waals surface area contributed by atoms with Gasteiger partial charge in [0.1, 0.15) is 5.82 Å². The molecule has 2 amide bonds. The van der Waals surface area contributed by atoms with Crippen molar-refractivity contribution >= 4 is 28.5 Å². The molecule has 1 aliphatic carbocycles. The van der Waals surface area contributed by atoms with Crippen LogP contribution in [0.2, 0.25) is 0 Å². The van der Waals surface area contributed by atoms with Gasteiger partial charge in [-0.05, 0) is 50.7 Å². The Hall–Kier alpha value is -2.63. The summed E-state index contributed by atoms with van der Waals surface area (Å²) in [6.07, 6.45) is 9.59. The third kappa shape index (κ3) is 4.45. The van der Waals surface area contributed by atoms with Gasteiger partial charge < -0.3 is 15.1 Å². The van der Waals surface area contributed by atoms with Gasteiger partial charge in [0.05, 0.1) is 11.1 Å². The summed E-state index contributed by atoms with van der Waals surface area (Å²) >= 11 is 0. The first kappa shape index (κ1) is 21.2. The van der Waals surface area contributed by atoms with E-state index in [2.05, 4.69) is 10.2 Å². The van der Waals surface area contributed by atoms with Gasteiger partial charge in [-0.25, -0.2) is 4.98 Å². The van der Waals surface area contributed by atoms with Gasteiger partial charge in [-0.1, -0.05) is 37.5 Å². The van der Waals surface area contributed by atoms with Crippen LogP contribution in [0.5, 0.6) is 0 Å². The third-order valence-electron chi connectivity index (χ3n) is 7.44. The second-order valence-electron chi connectivity index (χ2n) is 9.66. The van der Waals surface area contributed by atoms with Crippen molar-refractivity contribution in [2.24, 2.45) is 5.92 Å². The van der Waals surface area contributed by atoms with E-state index in [1.165, 1.54) is 19.3 Å². The molecule has 2 aliphatic heterocycles. The lowest BCUT2D eigenvalue weighted by Gasteiger charge is -2.34. The molecule has 32 heavy (non-hydrogen) atoms. The molecule has 3 fully saturated rings. The summed E-state index contributed by atoms with van der Waals surface area (Å²) in [4.78, 5) is 35.3. The van der Waals surface area contributed by atoms with Crippen LogP contribution >= 0.6 is 0 Å². The number of aromatic nitrogens is 1. The van der Waals surface area contributed by atoms with Crippen molar-refractivity contribution in [1.82, 2.24) is 15.2 Å². The highest BCUT2D eigenvalue weighted by Gasteiger charge is 2.30. The largest absolute Gasteiger partial charge is 0.356 e. The molecule has 1 N–H and O–H groups in total. The Bertz CT molecular complexity index is 971. The highest BCUT2D eigenvalue weighted by Crippen LogP contribution is 2.29. The highest BCUT2D eigenvalue weighted by atomic mass is 16.2. The maximum absolute atomic E-state index is 13.6. The Balaban J connectivity index is 1.27. The predicted octanol–water partition coefficient (Wildman–Crippen LogP) is 4.14. The number of nitrogens with zero attached hydrogens (tertiary/aromatic N) is 3. The first-order chi connectivity index (χ1) is 15.7. The molecule has 2 saturated heterocycles. The smallest absolute Gasteiger partial charge is 0.257 e. The molecule has 0 bridgehead atoms. The fourth-order valence-electron chi connectivity index (χ4n) is 5.51. The van der Waals surface area contributed by atoms with Crippen molar-refractivity contribution in [3.05, 3.63) is 35.9 Å². The number of anilines is 1. The molecule has 1 aromatic carbocycles. The second kappa shape index (κ2) is 9.47. The van der Waals surface area contributed by atoms with Gasteiger partial charge in [-0.3, -0.25) is 9.59 Å². The number of rotatable bonds is 4. The quantitative estimate of drug-likeness (QED) is 0.786. The van der Waals surface area contributed by atoms with Crippen molar-refractivity contribution in [3.63, 3.8) is 0 Å². The number of carbonyl (C=O) groups is 2. The van der Waals surface area contributed by atoms with E-state index < -0.39 is 0 Å². The normalized spacial score (nSPS) is 20.6. The molecule has 6 heteroatoms. The zero-order valence-corrected chi connectivity index (χ0v) is 18.9. The molecule has 0 unspecified atom stereocenters. The summed E-state index contributed by atoms with van der Waals surface area (Å²) in [7, 11) is 0. The maximum atomic E-state index is 13.6. The SMILES string of the molecule is O=C(NC1CCN(C(=O)c2cc3ccccc3nc2N2CCCC2)CC1)C1CCCCC1. The average molecular weight is 435 g/mol. The zero-order chi connectivity index (χ0) is 21.9. The van der Waals surface area contributed by atoms with Crippen LogP contribution in [0.15, 0.2) is 30.3 Å². The summed E-state index contributed by atoms with van der Waals surface area (Å²) in [5.41, 5.74) is 1.66. The number of hydrogen-bond donors (Lipinski definition) is 1. The zero-order valence-electron chi connectivity index (χ0n) is 18.9. The fraction of sp³-hybridized carbons (Fsp3) is 0.577. The molecule has 3 aliphatic rings. The van der Waals surface area contributed by atoms with Gasteiger partial charge >= 0.3 is 0 Å². The molecule has 1 aromatic heterocycles. The first-order valence-corrected chi connectivity index (χ1v) is 12.4. The first-order valence-electron chi connectivity index (χ1n) is 12.4. The van der Waals surface area contributed by atoms with Gasteiger partial charge in [0, 0.05) is 43.5 Å². The molecule has 0 spiro atoms. The minimum Gasteiger partial charge on any atom is -0.356 e. The van der Waals surface area contributed by atoms with Gasteiger partial charge in [0.15, 0.2) is 0 Å². The van der Waals surface area contributed by atoms with E-state index in [1.54, 1.807) is 0 Å². The number of hydrogen-bond acceptors (Lipinski definition) is 4.